The van der Waals surface area contributed by atoms with Crippen LogP contribution in [0.15, 0.2) is 18.2 Å². The van der Waals surface area contributed by atoms with Crippen molar-refractivity contribution >= 4 is 28.3 Å². The van der Waals surface area contributed by atoms with Gasteiger partial charge in [0.1, 0.15) is 11.6 Å². The molecule has 84 valence electrons. The van der Waals surface area contributed by atoms with Crippen molar-refractivity contribution in [2.75, 3.05) is 5.73 Å². The first-order chi connectivity index (χ1) is 7.38. The molecule has 0 atom stereocenters. The average molecular weight is 236 g/mol. The Morgan fingerprint density at radius 3 is 2.50 bits per heavy atom. The Morgan fingerprint density at radius 1 is 1.19 bits per heavy atom. The molecule has 2 aromatic rings. The number of nitrogen functional groups attached to an aromatic ring is 1. The van der Waals surface area contributed by atoms with E-state index in [1.54, 1.807) is 6.07 Å². The number of halogens is 1. The van der Waals surface area contributed by atoms with Crippen LogP contribution in [0.2, 0.25) is 5.02 Å². The van der Waals surface area contributed by atoms with Crippen LogP contribution in [0, 0.1) is 0 Å². The lowest BCUT2D eigenvalue weighted by Crippen LogP contribution is -2.17. The Morgan fingerprint density at radius 2 is 1.88 bits per heavy atom. The van der Waals surface area contributed by atoms with Gasteiger partial charge in [0.15, 0.2) is 0 Å². The summed E-state index contributed by atoms with van der Waals surface area (Å²) in [4.78, 5) is 8.82. The average Bonchev–Trinajstić information content (AvgIpc) is 2.15. The number of fused-ring (bicyclic) bond motifs is 1. The molecule has 0 aliphatic rings. The second-order valence-corrected chi connectivity index (χ2v) is 5.28. The lowest BCUT2D eigenvalue weighted by molar-refractivity contribution is 0.549. The number of benzene rings is 1. The summed E-state index contributed by atoms with van der Waals surface area (Å²) in [6.07, 6.45) is 0. The molecule has 1 heterocycles. The summed E-state index contributed by atoms with van der Waals surface area (Å²) in [5.74, 6) is 1.24. The Hall–Kier alpha value is -1.35. The smallest absolute Gasteiger partial charge is 0.136 e. The van der Waals surface area contributed by atoms with E-state index >= 15 is 0 Å². The topological polar surface area (TPSA) is 51.8 Å². The first-order valence-corrected chi connectivity index (χ1v) is 5.49. The minimum atomic E-state index is -0.120. The second kappa shape index (κ2) is 3.59. The van der Waals surface area contributed by atoms with Crippen LogP contribution in [0.5, 0.6) is 0 Å². The number of aromatic nitrogens is 2. The van der Waals surface area contributed by atoms with E-state index in [9.17, 15) is 0 Å². The highest BCUT2D eigenvalue weighted by molar-refractivity contribution is 6.31. The fraction of sp³-hybridized carbons (Fsp3) is 0.333. The third-order valence-corrected chi connectivity index (χ3v) is 2.59. The fourth-order valence-corrected chi connectivity index (χ4v) is 1.63. The van der Waals surface area contributed by atoms with Crippen molar-refractivity contribution in [1.82, 2.24) is 9.97 Å². The molecule has 1 aromatic carbocycles. The molecule has 0 radical (unpaired) electrons. The summed E-state index contributed by atoms with van der Waals surface area (Å²) in [5, 5.41) is 1.50. The lowest BCUT2D eigenvalue weighted by Gasteiger charge is -2.17. The maximum absolute atomic E-state index is 5.94. The zero-order chi connectivity index (χ0) is 11.9. The summed E-state index contributed by atoms with van der Waals surface area (Å²) in [6, 6.07) is 5.45. The van der Waals surface area contributed by atoms with Crippen LogP contribution in [0.4, 0.5) is 5.82 Å². The minimum Gasteiger partial charge on any atom is -0.383 e. The molecular weight excluding hydrogens is 222 g/mol. The van der Waals surface area contributed by atoms with E-state index in [0.29, 0.717) is 10.8 Å². The van der Waals surface area contributed by atoms with Gasteiger partial charge in [-0.3, -0.25) is 0 Å². The van der Waals surface area contributed by atoms with E-state index in [-0.39, 0.29) is 5.41 Å². The third-order valence-electron chi connectivity index (χ3n) is 2.36. The van der Waals surface area contributed by atoms with Gasteiger partial charge in [-0.05, 0) is 18.2 Å². The predicted octanol–water partition coefficient (Wildman–Crippen LogP) is 3.16. The summed E-state index contributed by atoms with van der Waals surface area (Å²) in [5.41, 5.74) is 6.59. The molecule has 0 spiro atoms. The molecular formula is C12H14ClN3. The van der Waals surface area contributed by atoms with Crippen LogP contribution in [-0.2, 0) is 5.41 Å². The molecule has 0 fully saturated rings. The highest BCUT2D eigenvalue weighted by Crippen LogP contribution is 2.26. The standard InChI is InChI=1S/C12H14ClN3/c1-12(2,3)11-15-9-6-7(13)4-5-8(9)10(14)16-11/h4-6H,1-3H3,(H2,14,15,16). The largest absolute Gasteiger partial charge is 0.383 e. The number of nitrogens with zero attached hydrogens (tertiary/aromatic N) is 2. The maximum atomic E-state index is 5.94. The van der Waals surface area contributed by atoms with Crippen LogP contribution in [0.3, 0.4) is 0 Å². The summed E-state index contributed by atoms with van der Waals surface area (Å²) < 4.78 is 0. The number of hydrogen-bond donors (Lipinski definition) is 1. The SMILES string of the molecule is CC(C)(C)c1nc(N)c2ccc(Cl)cc2n1. The van der Waals surface area contributed by atoms with Crippen molar-refractivity contribution in [2.45, 2.75) is 26.2 Å². The van der Waals surface area contributed by atoms with Crippen molar-refractivity contribution in [3.05, 3.63) is 29.0 Å². The normalized spacial score (nSPS) is 12.0. The van der Waals surface area contributed by atoms with Crippen LogP contribution in [0.25, 0.3) is 10.9 Å². The van der Waals surface area contributed by atoms with Crippen molar-refractivity contribution in [3.8, 4) is 0 Å². The monoisotopic (exact) mass is 235 g/mol. The quantitative estimate of drug-likeness (QED) is 0.763. The first kappa shape index (κ1) is 11.1. The van der Waals surface area contributed by atoms with Crippen LogP contribution in [-0.4, -0.2) is 9.97 Å². The van der Waals surface area contributed by atoms with Crippen LogP contribution in [0.1, 0.15) is 26.6 Å². The number of nitrogens with two attached hydrogens (primary N) is 1. The zero-order valence-electron chi connectivity index (χ0n) is 9.58. The van der Waals surface area contributed by atoms with Crippen LogP contribution < -0.4 is 5.73 Å². The maximum Gasteiger partial charge on any atom is 0.136 e. The Balaban J connectivity index is 2.75. The van der Waals surface area contributed by atoms with Crippen molar-refractivity contribution in [1.29, 1.82) is 0 Å². The van der Waals surface area contributed by atoms with Gasteiger partial charge in [-0.15, -0.1) is 0 Å². The predicted molar refractivity (Wildman–Crippen MR) is 67.7 cm³/mol. The van der Waals surface area contributed by atoms with E-state index in [1.165, 1.54) is 0 Å². The lowest BCUT2D eigenvalue weighted by atomic mass is 9.95. The molecule has 2 N–H and O–H groups in total. The molecule has 0 amide bonds. The van der Waals surface area contributed by atoms with Crippen molar-refractivity contribution < 1.29 is 0 Å². The fourth-order valence-electron chi connectivity index (χ4n) is 1.46. The summed E-state index contributed by atoms with van der Waals surface area (Å²) in [6.45, 7) is 6.16. The Labute approximate surface area is 99.7 Å². The van der Waals surface area contributed by atoms with Gasteiger partial charge in [0.05, 0.1) is 5.52 Å². The van der Waals surface area contributed by atoms with Gasteiger partial charge in [-0.25, -0.2) is 9.97 Å². The number of hydrogen-bond acceptors (Lipinski definition) is 3. The van der Waals surface area contributed by atoms with Gasteiger partial charge >= 0.3 is 0 Å². The van der Waals surface area contributed by atoms with E-state index in [4.69, 9.17) is 17.3 Å². The molecule has 4 heteroatoms. The first-order valence-electron chi connectivity index (χ1n) is 5.11. The minimum absolute atomic E-state index is 0.120. The number of rotatable bonds is 0. The van der Waals surface area contributed by atoms with Crippen molar-refractivity contribution in [2.24, 2.45) is 0 Å². The van der Waals surface area contributed by atoms with Gasteiger partial charge in [-0.2, -0.15) is 0 Å². The molecule has 16 heavy (non-hydrogen) atoms. The molecule has 0 saturated heterocycles. The molecule has 1 aromatic heterocycles. The molecule has 3 nitrogen and oxygen atoms in total. The van der Waals surface area contributed by atoms with E-state index in [1.807, 2.05) is 12.1 Å². The molecule has 0 unspecified atom stereocenters. The molecule has 0 aliphatic heterocycles. The number of anilines is 1. The van der Waals surface area contributed by atoms with Gasteiger partial charge in [-0.1, -0.05) is 32.4 Å². The molecule has 2 rings (SSSR count). The van der Waals surface area contributed by atoms with Gasteiger partial charge in [0.2, 0.25) is 0 Å². The van der Waals surface area contributed by atoms with Gasteiger partial charge < -0.3 is 5.73 Å². The molecule has 0 saturated carbocycles. The van der Waals surface area contributed by atoms with Gasteiger partial charge in [0, 0.05) is 15.8 Å². The zero-order valence-corrected chi connectivity index (χ0v) is 10.3. The summed E-state index contributed by atoms with van der Waals surface area (Å²) >= 11 is 5.94. The molecule has 0 aliphatic carbocycles. The Bertz CT molecular complexity index is 544. The van der Waals surface area contributed by atoms with Gasteiger partial charge in [0.25, 0.3) is 0 Å². The summed E-state index contributed by atoms with van der Waals surface area (Å²) in [7, 11) is 0. The van der Waals surface area contributed by atoms with Crippen molar-refractivity contribution in [3.63, 3.8) is 0 Å². The highest BCUT2D eigenvalue weighted by atomic mass is 35.5. The third kappa shape index (κ3) is 1.95. The Kier molecular flexibility index (Phi) is 2.50. The molecule has 0 bridgehead atoms. The second-order valence-electron chi connectivity index (χ2n) is 4.84. The van der Waals surface area contributed by atoms with E-state index in [0.717, 1.165) is 16.7 Å². The van der Waals surface area contributed by atoms with E-state index in [2.05, 4.69) is 30.7 Å². The van der Waals surface area contributed by atoms with E-state index < -0.39 is 0 Å². The van der Waals surface area contributed by atoms with Crippen LogP contribution >= 0.6 is 11.6 Å². The highest BCUT2D eigenvalue weighted by Gasteiger charge is 2.19.